The monoisotopic (exact) mass is 346 g/mol. The molecule has 0 saturated heterocycles. The molecule has 0 aliphatic carbocycles. The van der Waals surface area contributed by atoms with Crippen molar-refractivity contribution in [3.05, 3.63) is 41.3 Å². The summed E-state index contributed by atoms with van der Waals surface area (Å²) in [6.07, 6.45) is 1.83. The van der Waals surface area contributed by atoms with E-state index in [-0.39, 0.29) is 14.9 Å². The van der Waals surface area contributed by atoms with Crippen molar-refractivity contribution < 1.29 is 21.0 Å². The van der Waals surface area contributed by atoms with Gasteiger partial charge in [0.05, 0.1) is 4.90 Å². The molecule has 8 heteroatoms. The van der Waals surface area contributed by atoms with Gasteiger partial charge in [0.15, 0.2) is 14.0 Å². The van der Waals surface area contributed by atoms with Crippen LogP contribution in [0.15, 0.2) is 45.5 Å². The molecule has 0 aliphatic heterocycles. The van der Waals surface area contributed by atoms with E-state index in [9.17, 15) is 16.8 Å². The summed E-state index contributed by atoms with van der Waals surface area (Å²) in [5, 5.41) is 0. The Balaban J connectivity index is 2.24. The van der Waals surface area contributed by atoms with Gasteiger partial charge in [-0.1, -0.05) is 6.92 Å². The molecule has 21 heavy (non-hydrogen) atoms. The highest BCUT2D eigenvalue weighted by Gasteiger charge is 2.19. The molecule has 0 spiro atoms. The maximum absolute atomic E-state index is 12.1. The lowest BCUT2D eigenvalue weighted by molar-refractivity contribution is 0.488. The van der Waals surface area contributed by atoms with Gasteiger partial charge in [0.2, 0.25) is 0 Å². The average Bonchev–Trinajstić information content (AvgIpc) is 2.87. The highest BCUT2D eigenvalue weighted by molar-refractivity contribution is 7.90. The highest BCUT2D eigenvalue weighted by atomic mass is 32.3. The van der Waals surface area contributed by atoms with E-state index in [0.717, 1.165) is 28.9 Å². The number of thiophene rings is 1. The molecule has 0 radical (unpaired) electrons. The van der Waals surface area contributed by atoms with Crippen LogP contribution < -0.4 is 4.18 Å². The number of hydrogen-bond acceptors (Lipinski definition) is 6. The second-order valence-corrected chi connectivity index (χ2v) is 9.31. The van der Waals surface area contributed by atoms with E-state index in [1.54, 1.807) is 6.07 Å². The molecule has 0 bridgehead atoms. The van der Waals surface area contributed by atoms with E-state index in [0.29, 0.717) is 0 Å². The summed E-state index contributed by atoms with van der Waals surface area (Å²) in [5.74, 6) is 0.0776. The first kappa shape index (κ1) is 16.0. The van der Waals surface area contributed by atoms with Gasteiger partial charge in [-0.25, -0.2) is 8.42 Å². The second kappa shape index (κ2) is 5.78. The van der Waals surface area contributed by atoms with Crippen molar-refractivity contribution in [3.8, 4) is 5.75 Å². The Kier molecular flexibility index (Phi) is 4.40. The van der Waals surface area contributed by atoms with Gasteiger partial charge in [0.1, 0.15) is 5.75 Å². The van der Waals surface area contributed by atoms with Crippen LogP contribution in [0.25, 0.3) is 0 Å². The van der Waals surface area contributed by atoms with Crippen LogP contribution >= 0.6 is 11.3 Å². The lowest BCUT2D eigenvalue weighted by atomic mass is 10.3. The summed E-state index contributed by atoms with van der Waals surface area (Å²) < 4.78 is 52.0. The molecule has 0 fully saturated rings. The van der Waals surface area contributed by atoms with Crippen LogP contribution in [0.2, 0.25) is 0 Å². The summed E-state index contributed by atoms with van der Waals surface area (Å²) in [6, 6.07) is 8.51. The standard InChI is InChI=1S/C13H14O5S3/c1-3-11-6-9-13(19-11)21(16,17)18-10-4-7-12(8-5-10)20(2,14)15/h4-9H,3H2,1-2H3. The van der Waals surface area contributed by atoms with Gasteiger partial charge in [-0.2, -0.15) is 8.42 Å². The van der Waals surface area contributed by atoms with Crippen LogP contribution in [-0.4, -0.2) is 23.1 Å². The molecular formula is C13H14O5S3. The number of benzene rings is 1. The fraction of sp³-hybridized carbons (Fsp3) is 0.231. The minimum atomic E-state index is -3.88. The fourth-order valence-corrected chi connectivity index (χ4v) is 4.41. The molecule has 1 aromatic heterocycles. The Morgan fingerprint density at radius 3 is 2.10 bits per heavy atom. The van der Waals surface area contributed by atoms with Crippen LogP contribution in [0.1, 0.15) is 11.8 Å². The Hall–Kier alpha value is -1.38. The van der Waals surface area contributed by atoms with Gasteiger partial charge in [0.25, 0.3) is 0 Å². The molecule has 0 aliphatic rings. The molecular weight excluding hydrogens is 332 g/mol. The van der Waals surface area contributed by atoms with E-state index in [2.05, 4.69) is 0 Å². The van der Waals surface area contributed by atoms with Crippen molar-refractivity contribution in [3.63, 3.8) is 0 Å². The fourth-order valence-electron chi connectivity index (χ4n) is 1.59. The largest absolute Gasteiger partial charge is 0.378 e. The van der Waals surface area contributed by atoms with Crippen LogP contribution in [0.5, 0.6) is 5.75 Å². The Bertz CT molecular complexity index is 830. The second-order valence-electron chi connectivity index (χ2n) is 4.36. The number of rotatable bonds is 5. The maximum atomic E-state index is 12.1. The van der Waals surface area contributed by atoms with Crippen molar-refractivity contribution in [2.24, 2.45) is 0 Å². The van der Waals surface area contributed by atoms with Crippen molar-refractivity contribution in [2.45, 2.75) is 22.4 Å². The predicted molar refractivity (Wildman–Crippen MR) is 81.1 cm³/mol. The van der Waals surface area contributed by atoms with Crippen LogP contribution in [0, 0.1) is 0 Å². The summed E-state index contributed by atoms with van der Waals surface area (Å²) in [7, 11) is -7.20. The molecule has 0 amide bonds. The minimum absolute atomic E-state index is 0.0776. The number of sulfone groups is 1. The molecule has 0 N–H and O–H groups in total. The predicted octanol–water partition coefficient (Wildman–Crippen LogP) is 2.48. The molecule has 2 aromatic rings. The van der Waals surface area contributed by atoms with E-state index in [4.69, 9.17) is 4.18 Å². The molecule has 0 unspecified atom stereocenters. The topological polar surface area (TPSA) is 77.5 Å². The quantitative estimate of drug-likeness (QED) is 0.777. The van der Waals surface area contributed by atoms with Gasteiger partial charge in [0, 0.05) is 11.1 Å². The van der Waals surface area contributed by atoms with E-state index in [1.807, 2.05) is 6.92 Å². The third-order valence-electron chi connectivity index (χ3n) is 2.69. The lowest BCUT2D eigenvalue weighted by Crippen LogP contribution is -2.08. The maximum Gasteiger partial charge on any atom is 0.348 e. The van der Waals surface area contributed by atoms with E-state index >= 15 is 0 Å². The number of aryl methyl sites for hydroxylation is 1. The van der Waals surface area contributed by atoms with Crippen LogP contribution in [-0.2, 0) is 26.4 Å². The van der Waals surface area contributed by atoms with E-state index in [1.165, 1.54) is 30.3 Å². The highest BCUT2D eigenvalue weighted by Crippen LogP contribution is 2.26. The zero-order valence-electron chi connectivity index (χ0n) is 11.4. The Morgan fingerprint density at radius 2 is 1.62 bits per heavy atom. The molecule has 5 nitrogen and oxygen atoms in total. The van der Waals surface area contributed by atoms with Crippen LogP contribution in [0.3, 0.4) is 0 Å². The Labute approximate surface area is 128 Å². The van der Waals surface area contributed by atoms with Crippen molar-refractivity contribution in [1.29, 1.82) is 0 Å². The summed E-state index contributed by atoms with van der Waals surface area (Å²) >= 11 is 1.16. The van der Waals surface area contributed by atoms with Gasteiger partial charge in [-0.15, -0.1) is 11.3 Å². The molecule has 0 atom stereocenters. The normalized spacial score (nSPS) is 12.3. The smallest absolute Gasteiger partial charge is 0.348 e. The van der Waals surface area contributed by atoms with Gasteiger partial charge in [-0.05, 0) is 42.8 Å². The first-order valence-electron chi connectivity index (χ1n) is 6.05. The van der Waals surface area contributed by atoms with Crippen molar-refractivity contribution in [2.75, 3.05) is 6.26 Å². The zero-order valence-corrected chi connectivity index (χ0v) is 13.9. The third kappa shape index (κ3) is 3.84. The van der Waals surface area contributed by atoms with Crippen LogP contribution in [0.4, 0.5) is 0 Å². The molecule has 0 saturated carbocycles. The van der Waals surface area contributed by atoms with Gasteiger partial charge >= 0.3 is 10.1 Å². The summed E-state index contributed by atoms with van der Waals surface area (Å²) in [4.78, 5) is 1.06. The van der Waals surface area contributed by atoms with Crippen molar-refractivity contribution >= 4 is 31.3 Å². The average molecular weight is 346 g/mol. The third-order valence-corrected chi connectivity index (χ3v) is 6.75. The van der Waals surface area contributed by atoms with Crippen molar-refractivity contribution in [1.82, 2.24) is 0 Å². The zero-order chi connectivity index (χ0) is 15.7. The molecule has 1 aromatic carbocycles. The van der Waals surface area contributed by atoms with Gasteiger partial charge in [-0.3, -0.25) is 0 Å². The van der Waals surface area contributed by atoms with Gasteiger partial charge < -0.3 is 4.18 Å². The number of hydrogen-bond donors (Lipinski definition) is 0. The minimum Gasteiger partial charge on any atom is -0.378 e. The molecule has 2 rings (SSSR count). The SMILES string of the molecule is CCc1ccc(S(=O)(=O)Oc2ccc(S(C)(=O)=O)cc2)s1. The molecule has 1 heterocycles. The first-order valence-corrected chi connectivity index (χ1v) is 10.2. The molecule has 114 valence electrons. The van der Waals surface area contributed by atoms with E-state index < -0.39 is 20.0 Å². The lowest BCUT2D eigenvalue weighted by Gasteiger charge is -2.05. The summed E-state index contributed by atoms with van der Waals surface area (Å²) in [5.41, 5.74) is 0. The first-order chi connectivity index (χ1) is 9.72. The summed E-state index contributed by atoms with van der Waals surface area (Å²) in [6.45, 7) is 1.94. The Morgan fingerprint density at radius 1 is 1.00 bits per heavy atom.